The molecule has 4 rings (SSSR count). The summed E-state index contributed by atoms with van der Waals surface area (Å²) < 4.78 is 5.39. The van der Waals surface area contributed by atoms with Gasteiger partial charge in [-0.15, -0.1) is 0 Å². The maximum atomic E-state index is 13.2. The minimum Gasteiger partial charge on any atom is -0.378 e. The lowest BCUT2D eigenvalue weighted by Gasteiger charge is -2.30. The number of hydrogen-bond donors (Lipinski definition) is 1. The van der Waals surface area contributed by atoms with Crippen LogP contribution in [0.25, 0.3) is 11.1 Å². The highest BCUT2D eigenvalue weighted by Crippen LogP contribution is 2.31. The summed E-state index contributed by atoms with van der Waals surface area (Å²) in [6.45, 7) is 2.35. The number of nitro benzene ring substituents is 1. The van der Waals surface area contributed by atoms with Crippen LogP contribution in [0, 0.1) is 10.1 Å². The second kappa shape index (κ2) is 8.75. The molecule has 0 spiro atoms. The molecule has 3 aromatic carbocycles. The Bertz CT molecular complexity index is 1060. The van der Waals surface area contributed by atoms with Crippen LogP contribution in [0.15, 0.2) is 72.8 Å². The topological polar surface area (TPSA) is 84.7 Å². The molecule has 1 heterocycles. The van der Waals surface area contributed by atoms with E-state index < -0.39 is 4.92 Å². The molecule has 1 aliphatic rings. The monoisotopic (exact) mass is 403 g/mol. The molecule has 3 aromatic rings. The van der Waals surface area contributed by atoms with Crippen molar-refractivity contribution in [2.45, 2.75) is 0 Å². The molecule has 30 heavy (non-hydrogen) atoms. The number of para-hydroxylation sites is 1. The Morgan fingerprint density at radius 2 is 1.67 bits per heavy atom. The van der Waals surface area contributed by atoms with E-state index in [9.17, 15) is 14.9 Å². The number of rotatable bonds is 5. The fourth-order valence-corrected chi connectivity index (χ4v) is 3.55. The highest BCUT2D eigenvalue weighted by Gasteiger charge is 2.22. The number of non-ortho nitro benzene ring substituents is 1. The van der Waals surface area contributed by atoms with Crippen molar-refractivity contribution < 1.29 is 14.5 Å². The van der Waals surface area contributed by atoms with Gasteiger partial charge in [0.2, 0.25) is 0 Å². The third kappa shape index (κ3) is 4.16. The zero-order valence-corrected chi connectivity index (χ0v) is 16.3. The number of benzene rings is 3. The number of carbonyl (C=O) groups excluding carboxylic acids is 1. The van der Waals surface area contributed by atoms with Crippen LogP contribution in [0.5, 0.6) is 0 Å². The fourth-order valence-electron chi connectivity index (χ4n) is 3.55. The van der Waals surface area contributed by atoms with Crippen LogP contribution >= 0.6 is 0 Å². The molecule has 0 radical (unpaired) electrons. The highest BCUT2D eigenvalue weighted by atomic mass is 16.6. The Morgan fingerprint density at radius 1 is 0.967 bits per heavy atom. The fraction of sp³-hybridized carbons (Fsp3) is 0.174. The molecule has 7 nitrogen and oxygen atoms in total. The molecule has 1 saturated heterocycles. The van der Waals surface area contributed by atoms with Crippen molar-refractivity contribution in [1.29, 1.82) is 0 Å². The standard InChI is InChI=1S/C23H21N3O4/c27-23(24-21-9-5-4-8-19(21)17-6-2-1-3-7-17)20-16-18(26(28)29)10-11-22(20)25-12-14-30-15-13-25/h1-11,16H,12-15H2,(H,24,27). The Hall–Kier alpha value is -3.71. The van der Waals surface area contributed by atoms with E-state index in [2.05, 4.69) is 5.32 Å². The van der Waals surface area contributed by atoms with Gasteiger partial charge in [0.1, 0.15) is 0 Å². The van der Waals surface area contributed by atoms with E-state index in [0.29, 0.717) is 37.7 Å². The molecule has 0 saturated carbocycles. The lowest BCUT2D eigenvalue weighted by atomic mass is 10.0. The summed E-state index contributed by atoms with van der Waals surface area (Å²) in [5.41, 5.74) is 3.32. The van der Waals surface area contributed by atoms with Crippen LogP contribution in [0.3, 0.4) is 0 Å². The Balaban J connectivity index is 1.70. The van der Waals surface area contributed by atoms with Crippen LogP contribution in [-0.4, -0.2) is 37.1 Å². The molecule has 0 atom stereocenters. The first-order valence-corrected chi connectivity index (χ1v) is 9.70. The molecule has 1 aliphatic heterocycles. The molecule has 0 aliphatic carbocycles. The van der Waals surface area contributed by atoms with Crippen molar-refractivity contribution in [3.63, 3.8) is 0 Å². The first-order chi connectivity index (χ1) is 14.6. The SMILES string of the molecule is O=C(Nc1ccccc1-c1ccccc1)c1cc([N+](=O)[O-])ccc1N1CCOCC1. The van der Waals surface area contributed by atoms with Crippen molar-refractivity contribution in [2.24, 2.45) is 0 Å². The van der Waals surface area contributed by atoms with Gasteiger partial charge < -0.3 is 15.0 Å². The summed E-state index contributed by atoms with van der Waals surface area (Å²) in [4.78, 5) is 26.1. The minimum absolute atomic E-state index is 0.117. The summed E-state index contributed by atoms with van der Waals surface area (Å²) in [5.74, 6) is -0.386. The van der Waals surface area contributed by atoms with Gasteiger partial charge in [0.15, 0.2) is 0 Å². The second-order valence-corrected chi connectivity index (χ2v) is 6.92. The molecule has 0 unspecified atom stereocenters. The van der Waals surface area contributed by atoms with Crippen molar-refractivity contribution in [2.75, 3.05) is 36.5 Å². The van der Waals surface area contributed by atoms with E-state index >= 15 is 0 Å². The summed E-state index contributed by atoms with van der Waals surface area (Å²) >= 11 is 0. The predicted molar refractivity (Wildman–Crippen MR) is 116 cm³/mol. The van der Waals surface area contributed by atoms with Crippen LogP contribution in [0.1, 0.15) is 10.4 Å². The number of nitro groups is 1. The Kier molecular flexibility index (Phi) is 5.72. The average molecular weight is 403 g/mol. The van der Waals surface area contributed by atoms with Crippen molar-refractivity contribution in [1.82, 2.24) is 0 Å². The number of morpholine rings is 1. The van der Waals surface area contributed by atoms with Crippen molar-refractivity contribution in [3.05, 3.63) is 88.5 Å². The summed E-state index contributed by atoms with van der Waals surface area (Å²) in [6.07, 6.45) is 0. The van der Waals surface area contributed by atoms with Gasteiger partial charge in [-0.3, -0.25) is 14.9 Å². The van der Waals surface area contributed by atoms with E-state index in [0.717, 1.165) is 11.1 Å². The zero-order chi connectivity index (χ0) is 20.9. The Morgan fingerprint density at radius 3 is 2.40 bits per heavy atom. The van der Waals surface area contributed by atoms with Gasteiger partial charge in [0.05, 0.1) is 29.4 Å². The van der Waals surface area contributed by atoms with Crippen molar-refractivity contribution >= 4 is 23.0 Å². The van der Waals surface area contributed by atoms with E-state index in [4.69, 9.17) is 4.74 Å². The van der Waals surface area contributed by atoms with Gasteiger partial charge in [0, 0.05) is 36.5 Å². The number of ether oxygens (including phenoxy) is 1. The zero-order valence-electron chi connectivity index (χ0n) is 16.3. The minimum atomic E-state index is -0.488. The third-order valence-corrected chi connectivity index (χ3v) is 5.05. The van der Waals surface area contributed by atoms with Gasteiger partial charge in [-0.1, -0.05) is 48.5 Å². The summed E-state index contributed by atoms with van der Waals surface area (Å²) in [5, 5.41) is 14.3. The number of hydrogen-bond acceptors (Lipinski definition) is 5. The van der Waals surface area contributed by atoms with Crippen LogP contribution < -0.4 is 10.2 Å². The van der Waals surface area contributed by atoms with E-state index in [-0.39, 0.29) is 17.2 Å². The lowest BCUT2D eigenvalue weighted by molar-refractivity contribution is -0.384. The summed E-state index contributed by atoms with van der Waals surface area (Å²) in [7, 11) is 0. The predicted octanol–water partition coefficient (Wildman–Crippen LogP) is 4.35. The number of nitrogens with one attached hydrogen (secondary N) is 1. The Labute approximate surface area is 174 Å². The molecule has 152 valence electrons. The van der Waals surface area contributed by atoms with Crippen LogP contribution in [0.2, 0.25) is 0 Å². The third-order valence-electron chi connectivity index (χ3n) is 5.05. The molecular formula is C23H21N3O4. The van der Waals surface area contributed by atoms with E-state index in [1.54, 1.807) is 6.07 Å². The quantitative estimate of drug-likeness (QED) is 0.506. The second-order valence-electron chi connectivity index (χ2n) is 6.92. The van der Waals surface area contributed by atoms with Gasteiger partial charge in [-0.05, 0) is 17.7 Å². The average Bonchev–Trinajstić information content (AvgIpc) is 2.80. The number of anilines is 2. The van der Waals surface area contributed by atoms with Crippen LogP contribution in [-0.2, 0) is 4.74 Å². The molecule has 1 amide bonds. The first kappa shape index (κ1) is 19.6. The maximum Gasteiger partial charge on any atom is 0.270 e. The highest BCUT2D eigenvalue weighted by molar-refractivity contribution is 6.10. The number of nitrogens with zero attached hydrogens (tertiary/aromatic N) is 2. The molecule has 7 heteroatoms. The largest absolute Gasteiger partial charge is 0.378 e. The van der Waals surface area contributed by atoms with Gasteiger partial charge in [-0.2, -0.15) is 0 Å². The van der Waals surface area contributed by atoms with Crippen molar-refractivity contribution in [3.8, 4) is 11.1 Å². The van der Waals surface area contributed by atoms with Gasteiger partial charge >= 0.3 is 0 Å². The van der Waals surface area contributed by atoms with E-state index in [1.165, 1.54) is 12.1 Å². The van der Waals surface area contributed by atoms with Gasteiger partial charge in [-0.25, -0.2) is 0 Å². The van der Waals surface area contributed by atoms with Crippen LogP contribution in [0.4, 0.5) is 17.1 Å². The van der Waals surface area contributed by atoms with E-state index in [1.807, 2.05) is 59.5 Å². The van der Waals surface area contributed by atoms with Gasteiger partial charge in [0.25, 0.3) is 11.6 Å². The molecule has 1 fully saturated rings. The number of carbonyl (C=O) groups is 1. The normalized spacial score (nSPS) is 13.7. The molecular weight excluding hydrogens is 382 g/mol. The lowest BCUT2D eigenvalue weighted by Crippen LogP contribution is -2.37. The number of amides is 1. The first-order valence-electron chi connectivity index (χ1n) is 9.70. The smallest absolute Gasteiger partial charge is 0.270 e. The molecule has 1 N–H and O–H groups in total. The summed E-state index contributed by atoms with van der Waals surface area (Å²) in [6, 6.07) is 21.7. The molecule has 0 aromatic heterocycles. The maximum absolute atomic E-state index is 13.2. The molecule has 0 bridgehead atoms.